The second kappa shape index (κ2) is 5.32. The molecule has 0 saturated heterocycles. The van der Waals surface area contributed by atoms with Crippen LogP contribution in [0.5, 0.6) is 0 Å². The maximum Gasteiger partial charge on any atom is 0.416 e. The normalized spacial score (nSPS) is 22.7. The van der Waals surface area contributed by atoms with Crippen LogP contribution in [0.25, 0.3) is 0 Å². The molecular weight excluding hydrogens is 279 g/mol. The fourth-order valence-corrected chi connectivity index (χ4v) is 3.29. The Bertz CT molecular complexity index is 472. The fourth-order valence-electron chi connectivity index (χ4n) is 1.89. The summed E-state index contributed by atoms with van der Waals surface area (Å²) in [5.41, 5.74) is -0.656. The Morgan fingerprint density at radius 1 is 1.37 bits per heavy atom. The molecule has 1 amide bonds. The number of hydrogen-bond donors (Lipinski definition) is 2. The fraction of sp³-hybridized carbons (Fsp3) is 0.417. The molecule has 0 atom stereocenters. The van der Waals surface area contributed by atoms with Crippen LogP contribution in [0, 0.1) is 0 Å². The lowest BCUT2D eigenvalue weighted by molar-refractivity contribution is -0.137. The summed E-state index contributed by atoms with van der Waals surface area (Å²) in [6.07, 6.45) is -4.10. The van der Waals surface area contributed by atoms with E-state index in [2.05, 4.69) is 5.32 Å². The molecule has 0 heterocycles. The maximum atomic E-state index is 12.5. The first-order valence-corrected chi connectivity index (χ1v) is 6.56. The first-order valence-electron chi connectivity index (χ1n) is 5.68. The van der Waals surface area contributed by atoms with Gasteiger partial charge in [0, 0.05) is 16.2 Å². The lowest BCUT2D eigenvalue weighted by Crippen LogP contribution is -2.45. The topological polar surface area (TPSA) is 49.3 Å². The van der Waals surface area contributed by atoms with Crippen molar-refractivity contribution in [3.05, 3.63) is 29.8 Å². The third-order valence-electron chi connectivity index (χ3n) is 2.89. The van der Waals surface area contributed by atoms with Gasteiger partial charge in [0.05, 0.1) is 5.56 Å². The molecule has 0 unspecified atom stereocenters. The SMILES string of the molecule is O=C(O)N[C@H]1C[C@H](Sc2cccc(C(F)(F)F)c2)C1. The summed E-state index contributed by atoms with van der Waals surface area (Å²) in [7, 11) is 0. The van der Waals surface area contributed by atoms with Gasteiger partial charge < -0.3 is 10.4 Å². The second-order valence-corrected chi connectivity index (χ2v) is 5.76. The molecule has 1 fully saturated rings. The van der Waals surface area contributed by atoms with E-state index in [1.165, 1.54) is 17.8 Å². The molecule has 1 aromatic rings. The molecule has 1 aliphatic rings. The zero-order valence-electron chi connectivity index (χ0n) is 9.78. The molecule has 1 aromatic carbocycles. The standard InChI is InChI=1S/C12H12F3NO2S/c13-12(14,15)7-2-1-3-9(4-7)19-10-5-8(6-10)16-11(17)18/h1-4,8,10,16H,5-6H2,(H,17,18)/t8-,10-. The minimum Gasteiger partial charge on any atom is -0.465 e. The van der Waals surface area contributed by atoms with Crippen LogP contribution in [0.3, 0.4) is 0 Å². The van der Waals surface area contributed by atoms with Gasteiger partial charge in [-0.05, 0) is 31.0 Å². The summed E-state index contributed by atoms with van der Waals surface area (Å²) >= 11 is 1.36. The zero-order valence-corrected chi connectivity index (χ0v) is 10.6. The Hall–Kier alpha value is -1.37. The summed E-state index contributed by atoms with van der Waals surface area (Å²) in [6.45, 7) is 0. The van der Waals surface area contributed by atoms with Crippen molar-refractivity contribution < 1.29 is 23.1 Å². The first kappa shape index (κ1) is 14.0. The van der Waals surface area contributed by atoms with Crippen LogP contribution in [-0.2, 0) is 6.18 Å². The third-order valence-corrected chi connectivity index (χ3v) is 4.13. The van der Waals surface area contributed by atoms with E-state index in [0.717, 1.165) is 12.1 Å². The van der Waals surface area contributed by atoms with E-state index in [9.17, 15) is 18.0 Å². The van der Waals surface area contributed by atoms with E-state index in [1.807, 2.05) is 0 Å². The van der Waals surface area contributed by atoms with Crippen LogP contribution in [0.1, 0.15) is 18.4 Å². The quantitative estimate of drug-likeness (QED) is 0.894. The van der Waals surface area contributed by atoms with Crippen molar-refractivity contribution in [2.45, 2.75) is 35.2 Å². The molecule has 1 saturated carbocycles. The average Bonchev–Trinajstić information content (AvgIpc) is 2.25. The Labute approximate surface area is 112 Å². The number of carboxylic acid groups (broad SMARTS) is 1. The van der Waals surface area contributed by atoms with Gasteiger partial charge in [0.15, 0.2) is 0 Å². The summed E-state index contributed by atoms with van der Waals surface area (Å²) in [5.74, 6) is 0. The van der Waals surface area contributed by atoms with Gasteiger partial charge in [0.25, 0.3) is 0 Å². The van der Waals surface area contributed by atoms with Gasteiger partial charge in [0.2, 0.25) is 0 Å². The van der Waals surface area contributed by atoms with Gasteiger partial charge in [-0.3, -0.25) is 0 Å². The lowest BCUT2D eigenvalue weighted by atomic mass is 9.92. The molecule has 2 rings (SSSR count). The van der Waals surface area contributed by atoms with E-state index >= 15 is 0 Å². The van der Waals surface area contributed by atoms with E-state index in [0.29, 0.717) is 17.7 Å². The van der Waals surface area contributed by atoms with Crippen molar-refractivity contribution in [1.29, 1.82) is 0 Å². The summed E-state index contributed by atoms with van der Waals surface area (Å²) in [4.78, 5) is 10.9. The first-order chi connectivity index (χ1) is 8.84. The molecule has 0 aromatic heterocycles. The van der Waals surface area contributed by atoms with E-state index in [1.54, 1.807) is 6.07 Å². The van der Waals surface area contributed by atoms with Crippen molar-refractivity contribution in [3.63, 3.8) is 0 Å². The van der Waals surface area contributed by atoms with E-state index in [4.69, 9.17) is 5.11 Å². The molecule has 0 bridgehead atoms. The highest BCUT2D eigenvalue weighted by molar-refractivity contribution is 8.00. The lowest BCUT2D eigenvalue weighted by Gasteiger charge is -2.34. The average molecular weight is 291 g/mol. The highest BCUT2D eigenvalue weighted by Crippen LogP contribution is 2.38. The maximum absolute atomic E-state index is 12.5. The van der Waals surface area contributed by atoms with Crippen LogP contribution in [-0.4, -0.2) is 22.5 Å². The Morgan fingerprint density at radius 3 is 2.63 bits per heavy atom. The van der Waals surface area contributed by atoms with Gasteiger partial charge in [0.1, 0.15) is 0 Å². The van der Waals surface area contributed by atoms with Crippen LogP contribution in [0.15, 0.2) is 29.2 Å². The van der Waals surface area contributed by atoms with E-state index < -0.39 is 17.8 Å². The zero-order chi connectivity index (χ0) is 14.0. The van der Waals surface area contributed by atoms with E-state index in [-0.39, 0.29) is 11.3 Å². The molecule has 1 aliphatic carbocycles. The van der Waals surface area contributed by atoms with Gasteiger partial charge in [-0.25, -0.2) is 4.79 Å². The number of carbonyl (C=O) groups is 1. The number of benzene rings is 1. The van der Waals surface area contributed by atoms with Crippen molar-refractivity contribution in [2.24, 2.45) is 0 Å². The van der Waals surface area contributed by atoms with Gasteiger partial charge in [-0.15, -0.1) is 11.8 Å². The number of hydrogen-bond acceptors (Lipinski definition) is 2. The molecule has 0 aliphatic heterocycles. The number of rotatable bonds is 3. The molecule has 0 radical (unpaired) electrons. The van der Waals surface area contributed by atoms with Crippen LogP contribution in [0.4, 0.5) is 18.0 Å². The Morgan fingerprint density at radius 2 is 2.05 bits per heavy atom. The van der Waals surface area contributed by atoms with Gasteiger partial charge >= 0.3 is 12.3 Å². The summed E-state index contributed by atoms with van der Waals surface area (Å²) in [6, 6.07) is 5.11. The Balaban J connectivity index is 1.90. The molecule has 7 heteroatoms. The van der Waals surface area contributed by atoms with Crippen molar-refractivity contribution in [3.8, 4) is 0 Å². The van der Waals surface area contributed by atoms with Crippen molar-refractivity contribution >= 4 is 17.9 Å². The summed E-state index contributed by atoms with van der Waals surface area (Å²) < 4.78 is 37.6. The van der Waals surface area contributed by atoms with Gasteiger partial charge in [-0.1, -0.05) is 6.07 Å². The molecule has 104 valence electrons. The largest absolute Gasteiger partial charge is 0.465 e. The second-order valence-electron chi connectivity index (χ2n) is 4.38. The monoisotopic (exact) mass is 291 g/mol. The Kier molecular flexibility index (Phi) is 3.93. The van der Waals surface area contributed by atoms with Crippen LogP contribution in [0.2, 0.25) is 0 Å². The number of nitrogens with one attached hydrogen (secondary N) is 1. The summed E-state index contributed by atoms with van der Waals surface area (Å²) in [5, 5.41) is 11.0. The van der Waals surface area contributed by atoms with Crippen molar-refractivity contribution in [2.75, 3.05) is 0 Å². The van der Waals surface area contributed by atoms with Gasteiger partial charge in [-0.2, -0.15) is 13.2 Å². The smallest absolute Gasteiger partial charge is 0.416 e. The molecular formula is C12H12F3NO2S. The molecule has 2 N–H and O–H groups in total. The predicted octanol–water partition coefficient (Wildman–Crippen LogP) is 3.60. The molecule has 3 nitrogen and oxygen atoms in total. The number of alkyl halides is 3. The van der Waals surface area contributed by atoms with Crippen LogP contribution < -0.4 is 5.32 Å². The number of halogens is 3. The minimum absolute atomic E-state index is 0.0826. The highest BCUT2D eigenvalue weighted by Gasteiger charge is 2.33. The number of amides is 1. The minimum atomic E-state index is -4.33. The molecule has 0 spiro atoms. The van der Waals surface area contributed by atoms with Crippen LogP contribution >= 0.6 is 11.8 Å². The van der Waals surface area contributed by atoms with Crippen molar-refractivity contribution in [1.82, 2.24) is 5.32 Å². The number of thioether (sulfide) groups is 1. The predicted molar refractivity (Wildman–Crippen MR) is 65.3 cm³/mol. The third kappa shape index (κ3) is 3.79. The highest BCUT2D eigenvalue weighted by atomic mass is 32.2. The molecule has 19 heavy (non-hydrogen) atoms.